The minimum absolute atomic E-state index is 0.0854. The van der Waals surface area contributed by atoms with Crippen molar-refractivity contribution in [3.63, 3.8) is 0 Å². The van der Waals surface area contributed by atoms with Gasteiger partial charge in [-0.05, 0) is 43.4 Å². The summed E-state index contributed by atoms with van der Waals surface area (Å²) in [5, 5.41) is 13.1. The van der Waals surface area contributed by atoms with Crippen molar-refractivity contribution in [1.29, 1.82) is 0 Å². The number of carbonyl (C=O) groups excluding carboxylic acids is 1. The molecule has 13 heteroatoms. The van der Waals surface area contributed by atoms with Gasteiger partial charge in [0.1, 0.15) is 17.7 Å². The number of sulfone groups is 1. The van der Waals surface area contributed by atoms with Crippen LogP contribution in [0.25, 0.3) is 0 Å². The Labute approximate surface area is 197 Å². The van der Waals surface area contributed by atoms with Gasteiger partial charge < -0.3 is 10.4 Å². The Hall–Kier alpha value is -2.31. The molecule has 34 heavy (non-hydrogen) atoms. The van der Waals surface area contributed by atoms with E-state index in [4.69, 9.17) is 11.6 Å². The zero-order chi connectivity index (χ0) is 25.5. The van der Waals surface area contributed by atoms with Gasteiger partial charge in [-0.2, -0.15) is 13.2 Å². The van der Waals surface area contributed by atoms with Gasteiger partial charge >= 0.3 is 6.18 Å². The zero-order valence-electron chi connectivity index (χ0n) is 17.7. The number of nitrogens with one attached hydrogen (secondary N) is 1. The van der Waals surface area contributed by atoms with Crippen molar-refractivity contribution in [3.05, 3.63) is 58.1 Å². The molecular formula is C21H20ClF5N2O4S. The predicted molar refractivity (Wildman–Crippen MR) is 112 cm³/mol. The average molecular weight is 527 g/mol. The molecule has 1 amide bonds. The van der Waals surface area contributed by atoms with Gasteiger partial charge in [-0.15, -0.1) is 0 Å². The van der Waals surface area contributed by atoms with Crippen LogP contribution in [0.5, 0.6) is 0 Å². The lowest BCUT2D eigenvalue weighted by Crippen LogP contribution is -2.49. The van der Waals surface area contributed by atoms with Gasteiger partial charge in [0.05, 0.1) is 27.1 Å². The Morgan fingerprint density at radius 3 is 2.47 bits per heavy atom. The standard InChI is InChI=1S/C21H20ClF5N2O4S/c1-34(32,33)15-10-28-16(21(25,26)27)9-13(15)19(30)29-18(12-3-2-4-14(24)17(12)22)20(31)7-5-11(23)6-8-20/h2-4,9-11,18,31H,5-8H2,1H3,(H,29,30). The van der Waals surface area contributed by atoms with Gasteiger partial charge in [-0.3, -0.25) is 9.78 Å². The molecule has 1 atom stereocenters. The zero-order valence-corrected chi connectivity index (χ0v) is 19.2. The molecule has 0 bridgehead atoms. The van der Waals surface area contributed by atoms with Crippen LogP contribution in [0.1, 0.15) is 53.3 Å². The Morgan fingerprint density at radius 1 is 1.29 bits per heavy atom. The first-order chi connectivity index (χ1) is 15.6. The number of aromatic nitrogens is 1. The van der Waals surface area contributed by atoms with Gasteiger partial charge in [0.25, 0.3) is 5.91 Å². The van der Waals surface area contributed by atoms with E-state index < -0.39 is 66.7 Å². The van der Waals surface area contributed by atoms with E-state index in [1.165, 1.54) is 12.1 Å². The Bertz CT molecular complexity index is 1200. The van der Waals surface area contributed by atoms with Crippen LogP contribution in [0.4, 0.5) is 22.0 Å². The summed E-state index contributed by atoms with van der Waals surface area (Å²) in [5.41, 5.74) is -4.31. The van der Waals surface area contributed by atoms with E-state index in [0.717, 1.165) is 6.07 Å². The van der Waals surface area contributed by atoms with Gasteiger partial charge in [-0.25, -0.2) is 17.2 Å². The van der Waals surface area contributed by atoms with Crippen molar-refractivity contribution in [3.8, 4) is 0 Å². The molecule has 0 spiro atoms. The third kappa shape index (κ3) is 5.49. The lowest BCUT2D eigenvalue weighted by Gasteiger charge is -2.41. The maximum Gasteiger partial charge on any atom is 0.433 e. The molecule has 2 aromatic rings. The Kier molecular flexibility index (Phi) is 7.26. The van der Waals surface area contributed by atoms with E-state index in [9.17, 15) is 40.3 Å². The summed E-state index contributed by atoms with van der Waals surface area (Å²) in [7, 11) is -4.19. The van der Waals surface area contributed by atoms with E-state index in [1.807, 2.05) is 0 Å². The fourth-order valence-electron chi connectivity index (χ4n) is 3.90. The maximum atomic E-state index is 14.2. The summed E-state index contributed by atoms with van der Waals surface area (Å²) in [4.78, 5) is 15.4. The van der Waals surface area contributed by atoms with Crippen molar-refractivity contribution in [2.45, 2.75) is 54.6 Å². The van der Waals surface area contributed by atoms with Crippen molar-refractivity contribution >= 4 is 27.3 Å². The predicted octanol–water partition coefficient (Wildman–Crippen LogP) is 4.41. The number of rotatable bonds is 5. The quantitative estimate of drug-likeness (QED) is 0.563. The van der Waals surface area contributed by atoms with Crippen LogP contribution in [-0.2, 0) is 16.0 Å². The number of carbonyl (C=O) groups is 1. The number of amides is 1. The molecule has 0 radical (unpaired) electrons. The molecule has 3 rings (SSSR count). The van der Waals surface area contributed by atoms with Crippen molar-refractivity contribution < 1.29 is 40.3 Å². The first-order valence-electron chi connectivity index (χ1n) is 10.0. The molecule has 6 nitrogen and oxygen atoms in total. The second-order valence-electron chi connectivity index (χ2n) is 8.16. The Balaban J connectivity index is 2.12. The third-order valence-corrected chi connectivity index (χ3v) is 7.21. The van der Waals surface area contributed by atoms with Crippen LogP contribution in [0.2, 0.25) is 5.02 Å². The normalized spacial score (nSPS) is 22.3. The summed E-state index contributed by atoms with van der Waals surface area (Å²) in [6.45, 7) is 0. The molecular weight excluding hydrogens is 507 g/mol. The SMILES string of the molecule is CS(=O)(=O)c1cnc(C(F)(F)F)cc1C(=O)NC(c1cccc(F)c1Cl)C1(O)CCC(F)CC1. The molecule has 1 aliphatic carbocycles. The number of alkyl halides is 4. The highest BCUT2D eigenvalue weighted by Gasteiger charge is 2.44. The van der Waals surface area contributed by atoms with Crippen LogP contribution in [0.3, 0.4) is 0 Å². The second-order valence-corrected chi connectivity index (χ2v) is 10.5. The highest BCUT2D eigenvalue weighted by molar-refractivity contribution is 7.90. The lowest BCUT2D eigenvalue weighted by atomic mass is 9.76. The molecule has 1 unspecified atom stereocenters. The summed E-state index contributed by atoms with van der Waals surface area (Å²) in [6.07, 6.45) is -5.61. The van der Waals surface area contributed by atoms with Crippen molar-refractivity contribution in [2.24, 2.45) is 0 Å². The van der Waals surface area contributed by atoms with Gasteiger partial charge in [0, 0.05) is 12.5 Å². The highest BCUT2D eigenvalue weighted by atomic mass is 35.5. The van der Waals surface area contributed by atoms with Gasteiger partial charge in [0.2, 0.25) is 0 Å². The second kappa shape index (κ2) is 9.38. The van der Waals surface area contributed by atoms with E-state index in [0.29, 0.717) is 12.5 Å². The number of hydrogen-bond acceptors (Lipinski definition) is 5. The van der Waals surface area contributed by atoms with E-state index in [1.54, 1.807) is 0 Å². The van der Waals surface area contributed by atoms with Crippen LogP contribution in [0, 0.1) is 5.82 Å². The van der Waals surface area contributed by atoms with Gasteiger partial charge in [-0.1, -0.05) is 23.7 Å². The van der Waals surface area contributed by atoms with Crippen LogP contribution < -0.4 is 5.32 Å². The molecule has 1 heterocycles. The molecule has 1 fully saturated rings. The highest BCUT2D eigenvalue weighted by Crippen LogP contribution is 2.42. The number of pyridine rings is 1. The minimum atomic E-state index is -4.98. The summed E-state index contributed by atoms with van der Waals surface area (Å²) in [5.74, 6) is -2.18. The monoisotopic (exact) mass is 526 g/mol. The molecule has 0 saturated heterocycles. The molecule has 1 saturated carbocycles. The fourth-order valence-corrected chi connectivity index (χ4v) is 4.93. The average Bonchev–Trinajstić information content (AvgIpc) is 2.74. The lowest BCUT2D eigenvalue weighted by molar-refractivity contribution is -0.141. The smallest absolute Gasteiger partial charge is 0.387 e. The molecule has 1 aromatic carbocycles. The summed E-state index contributed by atoms with van der Waals surface area (Å²) >= 11 is 6.05. The summed E-state index contributed by atoms with van der Waals surface area (Å²) in [6, 6.07) is 2.36. The molecule has 2 N–H and O–H groups in total. The summed E-state index contributed by atoms with van der Waals surface area (Å²) < 4.78 is 91.7. The van der Waals surface area contributed by atoms with Crippen LogP contribution in [-0.4, -0.2) is 42.4 Å². The van der Waals surface area contributed by atoms with Crippen molar-refractivity contribution in [2.75, 3.05) is 6.26 Å². The molecule has 0 aliphatic heterocycles. The number of hydrogen-bond donors (Lipinski definition) is 2. The largest absolute Gasteiger partial charge is 0.433 e. The number of benzene rings is 1. The maximum absolute atomic E-state index is 14.2. The van der Waals surface area contributed by atoms with Gasteiger partial charge in [0.15, 0.2) is 9.84 Å². The van der Waals surface area contributed by atoms with E-state index in [2.05, 4.69) is 10.3 Å². The van der Waals surface area contributed by atoms with Crippen LogP contribution >= 0.6 is 11.6 Å². The number of halogens is 6. The van der Waals surface area contributed by atoms with E-state index in [-0.39, 0.29) is 37.3 Å². The number of nitrogens with zero attached hydrogens (tertiary/aromatic N) is 1. The number of aliphatic hydroxyl groups is 1. The molecule has 1 aliphatic rings. The first-order valence-corrected chi connectivity index (χ1v) is 12.3. The Morgan fingerprint density at radius 2 is 1.91 bits per heavy atom. The minimum Gasteiger partial charge on any atom is -0.387 e. The molecule has 1 aromatic heterocycles. The third-order valence-electron chi connectivity index (χ3n) is 5.69. The fraction of sp³-hybridized carbons (Fsp3) is 0.429. The molecule has 186 valence electrons. The first kappa shape index (κ1) is 26.3. The van der Waals surface area contributed by atoms with Crippen LogP contribution in [0.15, 0.2) is 35.4 Å². The van der Waals surface area contributed by atoms with E-state index >= 15 is 0 Å². The topological polar surface area (TPSA) is 96.4 Å². The van der Waals surface area contributed by atoms with Crippen molar-refractivity contribution in [1.82, 2.24) is 10.3 Å².